The van der Waals surface area contributed by atoms with Crippen LogP contribution in [0.5, 0.6) is 17.2 Å². The third kappa shape index (κ3) is 5.58. The molecule has 0 saturated carbocycles. The lowest BCUT2D eigenvalue weighted by Gasteiger charge is -2.25. The van der Waals surface area contributed by atoms with Gasteiger partial charge in [-0.1, -0.05) is 30.7 Å². The van der Waals surface area contributed by atoms with Crippen molar-refractivity contribution >= 4 is 49.7 Å². The Labute approximate surface area is 252 Å². The summed E-state index contributed by atoms with van der Waals surface area (Å²) in [5.74, 6) is 0.00357. The Hall–Kier alpha value is -3.96. The van der Waals surface area contributed by atoms with Gasteiger partial charge in [-0.3, -0.25) is 14.5 Å². The summed E-state index contributed by atoms with van der Waals surface area (Å²) in [4.78, 5) is 38.7. The topological polar surface area (TPSA) is 111 Å². The third-order valence-corrected chi connectivity index (χ3v) is 8.86. The van der Waals surface area contributed by atoms with Crippen LogP contribution in [0.3, 0.4) is 0 Å². The summed E-state index contributed by atoms with van der Waals surface area (Å²) in [5, 5.41) is 12.3. The van der Waals surface area contributed by atoms with Gasteiger partial charge in [0.25, 0.3) is 5.91 Å². The molecule has 1 N–H and O–H groups in total. The molecule has 1 atom stereocenters. The molecule has 1 aliphatic heterocycles. The number of unbranched alkanes of at least 4 members (excludes halogenated alkanes) is 1. The first-order valence-electron chi connectivity index (χ1n) is 14.0. The molecule has 5 rings (SSSR count). The van der Waals surface area contributed by atoms with Crippen molar-refractivity contribution < 1.29 is 28.9 Å². The number of fused-ring (bicyclic) bond motifs is 1. The summed E-state index contributed by atoms with van der Waals surface area (Å²) in [6.45, 7) is 10.9. The highest BCUT2D eigenvalue weighted by molar-refractivity contribution is 7.22. The Morgan fingerprint density at radius 3 is 2.45 bits per heavy atom. The van der Waals surface area contributed by atoms with Crippen LogP contribution in [0, 0.1) is 13.8 Å². The monoisotopic (exact) mass is 607 g/mol. The van der Waals surface area contributed by atoms with Gasteiger partial charge in [-0.25, -0.2) is 9.97 Å². The van der Waals surface area contributed by atoms with Crippen molar-refractivity contribution in [1.29, 1.82) is 0 Å². The maximum Gasteiger partial charge on any atom is 0.296 e. The number of ether oxygens (including phenoxy) is 3. The van der Waals surface area contributed by atoms with E-state index in [1.165, 1.54) is 27.6 Å². The number of hydrogen-bond donors (Lipinski definition) is 1. The number of aliphatic hydroxyl groups is 1. The summed E-state index contributed by atoms with van der Waals surface area (Å²) in [5.41, 5.74) is 1.77. The zero-order valence-electron chi connectivity index (χ0n) is 24.2. The van der Waals surface area contributed by atoms with Crippen LogP contribution in [0.4, 0.5) is 5.13 Å². The van der Waals surface area contributed by atoms with Crippen LogP contribution < -0.4 is 19.1 Å². The van der Waals surface area contributed by atoms with Gasteiger partial charge >= 0.3 is 0 Å². The summed E-state index contributed by atoms with van der Waals surface area (Å²) < 4.78 is 18.4. The lowest BCUT2D eigenvalue weighted by Crippen LogP contribution is -2.31. The molecule has 1 aliphatic rings. The van der Waals surface area contributed by atoms with Gasteiger partial charge in [0, 0.05) is 0 Å². The number of aliphatic hydroxyl groups excluding tert-OH is 1. The third-order valence-electron chi connectivity index (χ3n) is 6.77. The molecule has 0 bridgehead atoms. The first kappa shape index (κ1) is 29.5. The molecule has 0 aliphatic carbocycles. The Bertz CT molecular complexity index is 1670. The van der Waals surface area contributed by atoms with Crippen molar-refractivity contribution in [2.45, 2.75) is 53.5 Å². The molecule has 2 aromatic carbocycles. The van der Waals surface area contributed by atoms with E-state index in [4.69, 9.17) is 19.2 Å². The summed E-state index contributed by atoms with van der Waals surface area (Å²) in [7, 11) is 0. The quantitative estimate of drug-likeness (QED) is 0.134. The largest absolute Gasteiger partial charge is 0.503 e. The van der Waals surface area contributed by atoms with Gasteiger partial charge in [0.05, 0.1) is 57.2 Å². The van der Waals surface area contributed by atoms with Crippen LogP contribution in [-0.4, -0.2) is 46.6 Å². The van der Waals surface area contributed by atoms with E-state index in [0.717, 1.165) is 22.5 Å². The molecule has 3 heterocycles. The molecule has 0 radical (unpaired) electrons. The zero-order valence-corrected chi connectivity index (χ0v) is 25.9. The van der Waals surface area contributed by atoms with Gasteiger partial charge in [-0.05, 0) is 70.0 Å². The standard InChI is InChI=1S/C31H33N3O6S2/c1-6-9-14-40-22-13-10-19(15-23(22)39-8-3)26-25(27(35)29-17(4)32-18(5)41-29)28(36)30(37)34(26)31-33-21-12-11-20(38-7-2)16-24(21)42-31/h10-13,15-16,26,36H,6-9,14H2,1-5H3. The van der Waals surface area contributed by atoms with Crippen molar-refractivity contribution in [2.24, 2.45) is 0 Å². The highest BCUT2D eigenvalue weighted by atomic mass is 32.1. The molecule has 4 aromatic rings. The first-order chi connectivity index (χ1) is 20.3. The molecule has 220 valence electrons. The highest BCUT2D eigenvalue weighted by Crippen LogP contribution is 2.46. The minimum Gasteiger partial charge on any atom is -0.503 e. The number of aromatic nitrogens is 2. The van der Waals surface area contributed by atoms with Crippen molar-refractivity contribution in [3.63, 3.8) is 0 Å². The number of aryl methyl sites for hydroxylation is 2. The fraction of sp³-hybridized carbons (Fsp3) is 0.355. The second-order valence-corrected chi connectivity index (χ2v) is 11.9. The van der Waals surface area contributed by atoms with Crippen LogP contribution in [0.2, 0.25) is 0 Å². The maximum absolute atomic E-state index is 14.0. The van der Waals surface area contributed by atoms with Crippen molar-refractivity contribution in [3.8, 4) is 17.2 Å². The minimum absolute atomic E-state index is 0.0249. The SMILES string of the molecule is CCCCOc1ccc(C2C(C(=O)c3sc(C)nc3C)=C(O)C(=O)N2c2nc3ccc(OCC)cc3s2)cc1OCC. The molecule has 42 heavy (non-hydrogen) atoms. The number of hydrogen-bond acceptors (Lipinski definition) is 10. The van der Waals surface area contributed by atoms with Gasteiger partial charge in [-0.2, -0.15) is 0 Å². The molecule has 2 aromatic heterocycles. The number of nitrogens with zero attached hydrogens (tertiary/aromatic N) is 3. The molecule has 1 amide bonds. The Balaban J connectivity index is 1.65. The minimum atomic E-state index is -0.956. The average Bonchev–Trinajstić information content (AvgIpc) is 3.62. The lowest BCUT2D eigenvalue weighted by atomic mass is 9.95. The second kappa shape index (κ2) is 12.5. The van der Waals surface area contributed by atoms with Gasteiger partial charge in [-0.15, -0.1) is 11.3 Å². The number of benzene rings is 2. The highest BCUT2D eigenvalue weighted by Gasteiger charge is 2.46. The number of amides is 1. The Morgan fingerprint density at radius 2 is 1.76 bits per heavy atom. The number of ketones is 1. The Kier molecular flexibility index (Phi) is 8.79. The molecular formula is C31H33N3O6S2. The van der Waals surface area contributed by atoms with Gasteiger partial charge in [0.1, 0.15) is 5.75 Å². The van der Waals surface area contributed by atoms with E-state index in [-0.39, 0.29) is 5.57 Å². The smallest absolute Gasteiger partial charge is 0.296 e. The second-order valence-electron chi connectivity index (χ2n) is 9.72. The van der Waals surface area contributed by atoms with Crippen molar-refractivity contribution in [2.75, 3.05) is 24.7 Å². The van der Waals surface area contributed by atoms with E-state index < -0.39 is 23.5 Å². The van der Waals surface area contributed by atoms with E-state index in [1.807, 2.05) is 39.0 Å². The number of thiazole rings is 2. The van der Waals surface area contributed by atoms with Crippen LogP contribution >= 0.6 is 22.7 Å². The van der Waals surface area contributed by atoms with E-state index in [2.05, 4.69) is 11.9 Å². The van der Waals surface area contributed by atoms with E-state index in [0.29, 0.717) is 63.9 Å². The van der Waals surface area contributed by atoms with Gasteiger partial charge in [0.2, 0.25) is 5.78 Å². The number of carbonyl (C=O) groups is 2. The van der Waals surface area contributed by atoms with Crippen molar-refractivity contribution in [3.05, 3.63) is 68.9 Å². The van der Waals surface area contributed by atoms with E-state index in [1.54, 1.807) is 25.1 Å². The van der Waals surface area contributed by atoms with Crippen LogP contribution in [-0.2, 0) is 4.79 Å². The molecule has 0 spiro atoms. The molecular weight excluding hydrogens is 574 g/mol. The van der Waals surface area contributed by atoms with Crippen molar-refractivity contribution in [1.82, 2.24) is 9.97 Å². The Morgan fingerprint density at radius 1 is 0.976 bits per heavy atom. The summed E-state index contributed by atoms with van der Waals surface area (Å²) in [6, 6.07) is 9.91. The van der Waals surface area contributed by atoms with Crippen LogP contribution in [0.1, 0.15) is 65.6 Å². The molecule has 11 heteroatoms. The summed E-state index contributed by atoms with van der Waals surface area (Å²) >= 11 is 2.52. The average molecular weight is 608 g/mol. The predicted octanol–water partition coefficient (Wildman–Crippen LogP) is 7.13. The number of rotatable bonds is 12. The van der Waals surface area contributed by atoms with E-state index in [9.17, 15) is 14.7 Å². The zero-order chi connectivity index (χ0) is 30.0. The van der Waals surface area contributed by atoms with Gasteiger partial charge < -0.3 is 19.3 Å². The number of anilines is 1. The molecule has 0 fully saturated rings. The van der Waals surface area contributed by atoms with E-state index >= 15 is 0 Å². The van der Waals surface area contributed by atoms with Crippen LogP contribution in [0.15, 0.2) is 47.7 Å². The number of carbonyl (C=O) groups excluding carboxylic acids is 2. The molecule has 1 unspecified atom stereocenters. The predicted molar refractivity (Wildman–Crippen MR) is 165 cm³/mol. The van der Waals surface area contributed by atoms with Gasteiger partial charge in [0.15, 0.2) is 22.4 Å². The fourth-order valence-corrected chi connectivity index (χ4v) is 6.77. The molecule has 9 nitrogen and oxygen atoms in total. The number of Topliss-reactive ketones (excluding diaryl/α,β-unsaturated/α-hetero) is 1. The normalized spacial score (nSPS) is 15.1. The molecule has 0 saturated heterocycles. The maximum atomic E-state index is 14.0. The summed E-state index contributed by atoms with van der Waals surface area (Å²) in [6.07, 6.45) is 1.88. The fourth-order valence-electron chi connectivity index (χ4n) is 4.88. The lowest BCUT2D eigenvalue weighted by molar-refractivity contribution is -0.117. The first-order valence-corrected chi connectivity index (χ1v) is 15.6. The van der Waals surface area contributed by atoms with Crippen LogP contribution in [0.25, 0.3) is 10.2 Å².